The van der Waals surface area contributed by atoms with Crippen molar-refractivity contribution in [2.75, 3.05) is 25.0 Å². The molecule has 8 nitrogen and oxygen atoms in total. The third-order valence-corrected chi connectivity index (χ3v) is 5.16. The average Bonchev–Trinajstić information content (AvgIpc) is 3.07. The Hall–Kier alpha value is -3.00. The minimum Gasteiger partial charge on any atom is -0.441 e. The van der Waals surface area contributed by atoms with Gasteiger partial charge in [0.2, 0.25) is 0 Å². The van der Waals surface area contributed by atoms with Gasteiger partial charge >= 0.3 is 0 Å². The minimum atomic E-state index is 0.330. The van der Waals surface area contributed by atoms with Crippen molar-refractivity contribution >= 4 is 28.4 Å². The fraction of sp³-hybridized carbons (Fsp3) is 0.400. The predicted molar refractivity (Wildman–Crippen MR) is 110 cm³/mol. The molecule has 0 spiro atoms. The van der Waals surface area contributed by atoms with Crippen LogP contribution in [0, 0.1) is 13.8 Å². The number of oxazole rings is 1. The molecule has 0 aliphatic carbocycles. The molecule has 2 aromatic heterocycles. The highest BCUT2D eigenvalue weighted by molar-refractivity contribution is 5.98. The van der Waals surface area contributed by atoms with Gasteiger partial charge in [-0.2, -0.15) is 0 Å². The Morgan fingerprint density at radius 2 is 2.00 bits per heavy atom. The summed E-state index contributed by atoms with van der Waals surface area (Å²) in [5, 5.41) is 12.1. The molecule has 8 heteroatoms. The quantitative estimate of drug-likeness (QED) is 0.530. The summed E-state index contributed by atoms with van der Waals surface area (Å²) in [6, 6.07) is 8.05. The number of amidine groups is 1. The molecular formula is C20H25N7O. The Kier molecular flexibility index (Phi) is 4.95. The number of aliphatic imine (C=N–C) groups is 1. The van der Waals surface area contributed by atoms with Crippen LogP contribution in [0.25, 0.3) is 11.1 Å². The van der Waals surface area contributed by atoms with E-state index in [2.05, 4.69) is 37.4 Å². The van der Waals surface area contributed by atoms with Crippen LogP contribution in [0.2, 0.25) is 0 Å². The molecule has 0 radical (unpaired) electrons. The molecule has 1 aliphatic rings. The van der Waals surface area contributed by atoms with E-state index in [1.54, 1.807) is 0 Å². The lowest BCUT2D eigenvalue weighted by Crippen LogP contribution is -2.41. The molecule has 146 valence electrons. The van der Waals surface area contributed by atoms with Crippen molar-refractivity contribution in [1.82, 2.24) is 20.5 Å². The van der Waals surface area contributed by atoms with E-state index in [4.69, 9.17) is 10.2 Å². The Balaban J connectivity index is 1.57. The Labute approximate surface area is 163 Å². The first kappa shape index (κ1) is 18.4. The molecule has 0 atom stereocenters. The fourth-order valence-electron chi connectivity index (χ4n) is 3.57. The number of piperidine rings is 1. The predicted octanol–water partition coefficient (Wildman–Crippen LogP) is 2.46. The minimum absolute atomic E-state index is 0.330. The molecule has 3 N–H and O–H groups in total. The standard InChI is InChI=1S/C20H25N7O/c1-12-10-18(27(3)15-6-8-22-9-7-15)25-26-19(12)20(21)24-14-4-5-16-17(11-14)28-13(2)23-16/h4-5,10-11,15,22H,6-9H2,1-3H3,(H2,21,24). The average molecular weight is 379 g/mol. The molecule has 3 heterocycles. The molecule has 1 aromatic carbocycles. The molecule has 0 bridgehead atoms. The number of aryl methyl sites for hydroxylation is 2. The molecule has 1 saturated heterocycles. The highest BCUT2D eigenvalue weighted by Gasteiger charge is 2.20. The maximum Gasteiger partial charge on any atom is 0.192 e. The molecule has 0 saturated carbocycles. The number of benzene rings is 1. The molecule has 4 rings (SSSR count). The molecule has 0 amide bonds. The van der Waals surface area contributed by atoms with Crippen LogP contribution in [0.15, 0.2) is 33.7 Å². The normalized spacial score (nSPS) is 15.9. The van der Waals surface area contributed by atoms with Gasteiger partial charge in [0.15, 0.2) is 23.1 Å². The van der Waals surface area contributed by atoms with Crippen molar-refractivity contribution in [1.29, 1.82) is 0 Å². The van der Waals surface area contributed by atoms with Gasteiger partial charge in [0, 0.05) is 26.1 Å². The maximum absolute atomic E-state index is 6.23. The van der Waals surface area contributed by atoms with Crippen LogP contribution in [0.3, 0.4) is 0 Å². The van der Waals surface area contributed by atoms with Gasteiger partial charge in [-0.3, -0.25) is 0 Å². The van der Waals surface area contributed by atoms with Gasteiger partial charge in [0.25, 0.3) is 0 Å². The molecule has 1 aliphatic heterocycles. The summed E-state index contributed by atoms with van der Waals surface area (Å²) in [4.78, 5) is 11.0. The van der Waals surface area contributed by atoms with E-state index in [9.17, 15) is 0 Å². The van der Waals surface area contributed by atoms with Gasteiger partial charge in [0.05, 0.1) is 5.69 Å². The first-order chi connectivity index (χ1) is 13.5. The van der Waals surface area contributed by atoms with Crippen molar-refractivity contribution in [3.63, 3.8) is 0 Å². The first-order valence-electron chi connectivity index (χ1n) is 9.51. The van der Waals surface area contributed by atoms with Crippen LogP contribution in [0.5, 0.6) is 0 Å². The third-order valence-electron chi connectivity index (χ3n) is 5.16. The van der Waals surface area contributed by atoms with Crippen LogP contribution in [0.4, 0.5) is 11.5 Å². The smallest absolute Gasteiger partial charge is 0.192 e. The van der Waals surface area contributed by atoms with Crippen LogP contribution >= 0.6 is 0 Å². The number of rotatable bonds is 4. The molecule has 28 heavy (non-hydrogen) atoms. The molecule has 0 unspecified atom stereocenters. The number of nitrogens with zero attached hydrogens (tertiary/aromatic N) is 5. The zero-order chi connectivity index (χ0) is 19.7. The highest BCUT2D eigenvalue weighted by Crippen LogP contribution is 2.23. The van der Waals surface area contributed by atoms with E-state index in [1.807, 2.05) is 38.1 Å². The second kappa shape index (κ2) is 7.55. The lowest BCUT2D eigenvalue weighted by molar-refractivity contribution is 0.441. The summed E-state index contributed by atoms with van der Waals surface area (Å²) < 4.78 is 5.56. The largest absolute Gasteiger partial charge is 0.441 e. The molecule has 1 fully saturated rings. The van der Waals surface area contributed by atoms with Crippen molar-refractivity contribution in [2.45, 2.75) is 32.7 Å². The van der Waals surface area contributed by atoms with Gasteiger partial charge in [-0.25, -0.2) is 9.98 Å². The van der Waals surface area contributed by atoms with Gasteiger partial charge < -0.3 is 20.4 Å². The lowest BCUT2D eigenvalue weighted by atomic mass is 10.1. The number of fused-ring (bicyclic) bond motifs is 1. The van der Waals surface area contributed by atoms with Gasteiger partial charge in [-0.15, -0.1) is 10.2 Å². The van der Waals surface area contributed by atoms with E-state index >= 15 is 0 Å². The van der Waals surface area contributed by atoms with E-state index in [0.29, 0.717) is 34.7 Å². The van der Waals surface area contributed by atoms with Crippen LogP contribution < -0.4 is 16.0 Å². The van der Waals surface area contributed by atoms with Crippen molar-refractivity contribution in [3.05, 3.63) is 41.4 Å². The van der Waals surface area contributed by atoms with E-state index in [1.165, 1.54) is 0 Å². The third kappa shape index (κ3) is 3.68. The highest BCUT2D eigenvalue weighted by atomic mass is 16.3. The van der Waals surface area contributed by atoms with E-state index in [0.717, 1.165) is 42.8 Å². The summed E-state index contributed by atoms with van der Waals surface area (Å²) in [6.07, 6.45) is 2.21. The monoisotopic (exact) mass is 379 g/mol. The number of hydrogen-bond donors (Lipinski definition) is 2. The fourth-order valence-corrected chi connectivity index (χ4v) is 3.57. The first-order valence-corrected chi connectivity index (χ1v) is 9.51. The van der Waals surface area contributed by atoms with Crippen LogP contribution in [-0.4, -0.2) is 47.2 Å². The zero-order valence-electron chi connectivity index (χ0n) is 16.4. The van der Waals surface area contributed by atoms with Gasteiger partial charge in [0.1, 0.15) is 11.2 Å². The second-order valence-corrected chi connectivity index (χ2v) is 7.21. The molecule has 3 aromatic rings. The zero-order valence-corrected chi connectivity index (χ0v) is 16.4. The van der Waals surface area contributed by atoms with Crippen LogP contribution in [-0.2, 0) is 0 Å². The van der Waals surface area contributed by atoms with Gasteiger partial charge in [-0.1, -0.05) is 0 Å². The van der Waals surface area contributed by atoms with E-state index < -0.39 is 0 Å². The van der Waals surface area contributed by atoms with Crippen LogP contribution in [0.1, 0.15) is 30.0 Å². The number of hydrogen-bond acceptors (Lipinski definition) is 7. The number of nitrogens with two attached hydrogens (primary N) is 1. The Morgan fingerprint density at radius 3 is 2.75 bits per heavy atom. The number of nitrogens with one attached hydrogen (secondary N) is 1. The Bertz CT molecular complexity index is 1020. The summed E-state index contributed by atoms with van der Waals surface area (Å²) >= 11 is 0. The number of aromatic nitrogens is 3. The lowest BCUT2D eigenvalue weighted by Gasteiger charge is -2.32. The summed E-state index contributed by atoms with van der Waals surface area (Å²) in [6.45, 7) is 5.87. The summed E-state index contributed by atoms with van der Waals surface area (Å²) in [7, 11) is 2.07. The van der Waals surface area contributed by atoms with Gasteiger partial charge in [-0.05, 0) is 56.6 Å². The number of anilines is 1. The van der Waals surface area contributed by atoms with Crippen molar-refractivity contribution < 1.29 is 4.42 Å². The summed E-state index contributed by atoms with van der Waals surface area (Å²) in [5.74, 6) is 1.82. The van der Waals surface area contributed by atoms with E-state index in [-0.39, 0.29) is 0 Å². The summed E-state index contributed by atoms with van der Waals surface area (Å²) in [5.41, 5.74) is 9.95. The van der Waals surface area contributed by atoms with Crippen molar-refractivity contribution in [3.8, 4) is 0 Å². The topological polar surface area (TPSA) is 105 Å². The second-order valence-electron chi connectivity index (χ2n) is 7.21. The SMILES string of the molecule is Cc1nc2ccc(N=C(N)c3nnc(N(C)C4CCNCC4)cc3C)cc2o1. The van der Waals surface area contributed by atoms with Crippen molar-refractivity contribution in [2.24, 2.45) is 10.7 Å². The Morgan fingerprint density at radius 1 is 1.21 bits per heavy atom. The maximum atomic E-state index is 6.23. The molecular weight excluding hydrogens is 354 g/mol.